The van der Waals surface area contributed by atoms with Crippen molar-refractivity contribution in [3.63, 3.8) is 0 Å². The van der Waals surface area contributed by atoms with Gasteiger partial charge in [-0.2, -0.15) is 23.3 Å². The van der Waals surface area contributed by atoms with Crippen LogP contribution in [0.4, 0.5) is 13.2 Å². The van der Waals surface area contributed by atoms with Crippen LogP contribution in [-0.2, 0) is 0 Å². The minimum absolute atomic E-state index is 0.0205. The Kier molecular flexibility index (Phi) is 4.87. The summed E-state index contributed by atoms with van der Waals surface area (Å²) >= 11 is 0. The molecule has 3 rings (SSSR count). The number of amides is 1. The fourth-order valence-corrected chi connectivity index (χ4v) is 4.12. The standard InChI is InChI=1S/C20H25F3N2O2/c1-4-18(2,3)14-10-11-16-15(12-14)19(27,20(21,22)23)25(24-16)17(26)13-8-6-5-7-9-13/h5-9,14-15,27H,4,10-12H2,1-3H3/t14-,15+,19-/m1/s1. The zero-order chi connectivity index (χ0) is 20.0. The fraction of sp³-hybridized carbons (Fsp3) is 0.600. The van der Waals surface area contributed by atoms with Crippen molar-refractivity contribution in [2.75, 3.05) is 0 Å². The summed E-state index contributed by atoms with van der Waals surface area (Å²) in [6.07, 6.45) is -2.96. The molecule has 0 bridgehead atoms. The second-order valence-electron chi connectivity index (χ2n) is 8.16. The van der Waals surface area contributed by atoms with Gasteiger partial charge in [0.2, 0.25) is 0 Å². The monoisotopic (exact) mass is 382 g/mol. The molecule has 1 aromatic carbocycles. The summed E-state index contributed by atoms with van der Waals surface area (Å²) in [7, 11) is 0. The van der Waals surface area contributed by atoms with Crippen molar-refractivity contribution in [3.8, 4) is 0 Å². The highest BCUT2D eigenvalue weighted by Gasteiger charge is 2.69. The molecule has 4 nitrogen and oxygen atoms in total. The number of alkyl halides is 3. The first-order valence-corrected chi connectivity index (χ1v) is 9.28. The number of aliphatic hydroxyl groups is 1. The van der Waals surface area contributed by atoms with Gasteiger partial charge in [-0.15, -0.1) is 0 Å². The zero-order valence-electron chi connectivity index (χ0n) is 15.8. The van der Waals surface area contributed by atoms with Gasteiger partial charge in [-0.3, -0.25) is 4.79 Å². The maximum Gasteiger partial charge on any atom is 0.439 e. The van der Waals surface area contributed by atoms with E-state index in [0.29, 0.717) is 12.8 Å². The van der Waals surface area contributed by atoms with Crippen LogP contribution in [0.2, 0.25) is 0 Å². The van der Waals surface area contributed by atoms with Crippen molar-refractivity contribution in [1.82, 2.24) is 5.01 Å². The van der Waals surface area contributed by atoms with Gasteiger partial charge in [0.1, 0.15) is 0 Å². The molecule has 0 aromatic heterocycles. The Morgan fingerprint density at radius 2 is 1.93 bits per heavy atom. The van der Waals surface area contributed by atoms with Gasteiger partial charge in [-0.25, -0.2) is 0 Å². The highest BCUT2D eigenvalue weighted by molar-refractivity contribution is 5.99. The molecule has 0 saturated heterocycles. The molecule has 148 valence electrons. The third-order valence-electron chi connectivity index (χ3n) is 6.36. The molecule has 1 saturated carbocycles. The molecule has 3 atom stereocenters. The molecular weight excluding hydrogens is 357 g/mol. The first kappa shape index (κ1) is 19.9. The molecule has 2 aliphatic rings. The van der Waals surface area contributed by atoms with Gasteiger partial charge < -0.3 is 5.11 Å². The molecule has 0 radical (unpaired) electrons. The van der Waals surface area contributed by atoms with E-state index < -0.39 is 23.7 Å². The summed E-state index contributed by atoms with van der Waals surface area (Å²) in [6.45, 7) is 6.09. The van der Waals surface area contributed by atoms with Crippen molar-refractivity contribution in [1.29, 1.82) is 0 Å². The van der Waals surface area contributed by atoms with E-state index >= 15 is 0 Å². The van der Waals surface area contributed by atoms with Crippen LogP contribution in [0.3, 0.4) is 0 Å². The number of hydrazone groups is 1. The van der Waals surface area contributed by atoms with E-state index in [1.54, 1.807) is 18.2 Å². The van der Waals surface area contributed by atoms with Gasteiger partial charge in [0.15, 0.2) is 0 Å². The molecule has 0 spiro atoms. The smallest absolute Gasteiger partial charge is 0.362 e. The molecule has 7 heteroatoms. The van der Waals surface area contributed by atoms with Crippen LogP contribution in [0.15, 0.2) is 35.4 Å². The zero-order valence-corrected chi connectivity index (χ0v) is 15.8. The quantitative estimate of drug-likeness (QED) is 0.831. The lowest BCUT2D eigenvalue weighted by Crippen LogP contribution is -2.62. The number of nitrogens with zero attached hydrogens (tertiary/aromatic N) is 2. The number of benzene rings is 1. The summed E-state index contributed by atoms with van der Waals surface area (Å²) in [5, 5.41) is 15.1. The topological polar surface area (TPSA) is 52.9 Å². The minimum atomic E-state index is -5.01. The first-order valence-electron chi connectivity index (χ1n) is 9.28. The van der Waals surface area contributed by atoms with Crippen LogP contribution < -0.4 is 0 Å². The SMILES string of the molecule is CCC(C)(C)[C@@H]1CCC2=NN(C(=O)c3ccccc3)[C@](O)(C(F)(F)F)[C@H]2C1. The first-order chi connectivity index (χ1) is 12.5. The summed E-state index contributed by atoms with van der Waals surface area (Å²) < 4.78 is 42.1. The van der Waals surface area contributed by atoms with Gasteiger partial charge >= 0.3 is 6.18 Å². The summed E-state index contributed by atoms with van der Waals surface area (Å²) in [6, 6.07) is 7.64. The van der Waals surface area contributed by atoms with Gasteiger partial charge in [-0.1, -0.05) is 45.4 Å². The van der Waals surface area contributed by atoms with Crippen LogP contribution >= 0.6 is 0 Å². The van der Waals surface area contributed by atoms with E-state index in [1.807, 2.05) is 20.8 Å². The Balaban J connectivity index is 2.00. The van der Waals surface area contributed by atoms with Crippen LogP contribution in [0.25, 0.3) is 0 Å². The second kappa shape index (κ2) is 6.62. The van der Waals surface area contributed by atoms with E-state index in [4.69, 9.17) is 0 Å². The maximum absolute atomic E-state index is 14.0. The fourth-order valence-electron chi connectivity index (χ4n) is 4.12. The lowest BCUT2D eigenvalue weighted by atomic mass is 9.64. The number of carbonyl (C=O) groups excluding carboxylic acids is 1. The number of halogens is 3. The Bertz CT molecular complexity index is 745. The number of fused-ring (bicyclic) bond motifs is 1. The normalized spacial score (nSPS) is 28.7. The number of hydrogen-bond acceptors (Lipinski definition) is 3. The average Bonchev–Trinajstić information content (AvgIpc) is 2.95. The molecule has 0 unspecified atom stereocenters. The van der Waals surface area contributed by atoms with Crippen molar-refractivity contribution < 1.29 is 23.1 Å². The lowest BCUT2D eigenvalue weighted by molar-refractivity contribution is -0.314. The molecule has 27 heavy (non-hydrogen) atoms. The van der Waals surface area contributed by atoms with Gasteiger partial charge in [0, 0.05) is 11.3 Å². The third-order valence-corrected chi connectivity index (χ3v) is 6.36. The van der Waals surface area contributed by atoms with Crippen molar-refractivity contribution in [2.45, 2.75) is 58.4 Å². The van der Waals surface area contributed by atoms with Crippen molar-refractivity contribution in [2.24, 2.45) is 22.4 Å². The van der Waals surface area contributed by atoms with E-state index in [2.05, 4.69) is 5.10 Å². The van der Waals surface area contributed by atoms with Crippen LogP contribution in [0, 0.1) is 17.3 Å². The molecule has 1 amide bonds. The van der Waals surface area contributed by atoms with E-state index in [9.17, 15) is 23.1 Å². The Labute approximate surface area is 157 Å². The third kappa shape index (κ3) is 3.16. The van der Waals surface area contributed by atoms with Gasteiger partial charge in [0.05, 0.1) is 5.92 Å². The highest BCUT2D eigenvalue weighted by Crippen LogP contribution is 2.52. The number of carbonyl (C=O) groups is 1. The predicted octanol–water partition coefficient (Wildman–Crippen LogP) is 4.60. The largest absolute Gasteiger partial charge is 0.439 e. The average molecular weight is 382 g/mol. The minimum Gasteiger partial charge on any atom is -0.362 e. The summed E-state index contributed by atoms with van der Waals surface area (Å²) in [5.41, 5.74) is -3.12. The van der Waals surface area contributed by atoms with Crippen LogP contribution in [0.1, 0.15) is 56.8 Å². The molecule has 1 aliphatic heterocycles. The summed E-state index contributed by atoms with van der Waals surface area (Å²) in [4.78, 5) is 12.7. The molecule has 1 aromatic rings. The molecule has 1 N–H and O–H groups in total. The van der Waals surface area contributed by atoms with E-state index in [-0.39, 0.29) is 34.0 Å². The summed E-state index contributed by atoms with van der Waals surface area (Å²) in [5.74, 6) is -2.15. The highest BCUT2D eigenvalue weighted by atomic mass is 19.4. The van der Waals surface area contributed by atoms with Gasteiger partial charge in [0.25, 0.3) is 11.6 Å². The maximum atomic E-state index is 14.0. The molecule has 1 aliphatic carbocycles. The van der Waals surface area contributed by atoms with Crippen LogP contribution in [0.5, 0.6) is 0 Å². The Morgan fingerprint density at radius 3 is 2.48 bits per heavy atom. The number of rotatable bonds is 3. The van der Waals surface area contributed by atoms with Crippen LogP contribution in [-0.4, -0.2) is 33.6 Å². The number of hydrogen-bond donors (Lipinski definition) is 1. The van der Waals surface area contributed by atoms with Crippen molar-refractivity contribution in [3.05, 3.63) is 35.9 Å². The van der Waals surface area contributed by atoms with Crippen molar-refractivity contribution >= 4 is 11.6 Å². The predicted molar refractivity (Wildman–Crippen MR) is 96.0 cm³/mol. The molecule has 1 fully saturated rings. The van der Waals surface area contributed by atoms with Gasteiger partial charge in [-0.05, 0) is 42.7 Å². The molecule has 1 heterocycles. The Morgan fingerprint density at radius 1 is 1.30 bits per heavy atom. The van der Waals surface area contributed by atoms with E-state index in [1.165, 1.54) is 12.1 Å². The molecular formula is C20H25F3N2O2. The Hall–Kier alpha value is -1.89. The van der Waals surface area contributed by atoms with E-state index in [0.717, 1.165) is 6.42 Å². The second-order valence-corrected chi connectivity index (χ2v) is 8.16. The lowest BCUT2D eigenvalue weighted by Gasteiger charge is -2.43.